The molecule has 0 saturated carbocycles. The first-order valence-corrected chi connectivity index (χ1v) is 11.4. The highest BCUT2D eigenvalue weighted by Gasteiger charge is 2.35. The van der Waals surface area contributed by atoms with Crippen LogP contribution in [0, 0.1) is 26.7 Å². The maximum Gasteiger partial charge on any atom is 0.253 e. The molecule has 0 aliphatic carbocycles. The second kappa shape index (κ2) is 9.91. The van der Waals surface area contributed by atoms with Crippen LogP contribution in [0.2, 0.25) is 0 Å². The van der Waals surface area contributed by atoms with Crippen molar-refractivity contribution in [3.05, 3.63) is 94.5 Å². The highest BCUT2D eigenvalue weighted by molar-refractivity contribution is 6.07. The Kier molecular flexibility index (Phi) is 6.77. The lowest BCUT2D eigenvalue weighted by atomic mass is 10.1. The molecule has 1 aliphatic heterocycles. The van der Waals surface area contributed by atoms with Crippen molar-refractivity contribution >= 4 is 29.1 Å². The summed E-state index contributed by atoms with van der Waals surface area (Å²) in [4.78, 5) is 40.2. The minimum atomic E-state index is -0.488. The number of anilines is 2. The number of amides is 3. The third-order valence-electron chi connectivity index (χ3n) is 6.30. The van der Waals surface area contributed by atoms with Crippen molar-refractivity contribution in [3.63, 3.8) is 0 Å². The molecule has 1 heterocycles. The maximum atomic E-state index is 13.0. The van der Waals surface area contributed by atoms with Gasteiger partial charge in [0.1, 0.15) is 0 Å². The number of hydrogen-bond acceptors (Lipinski definition) is 3. The fourth-order valence-electron chi connectivity index (χ4n) is 4.03. The van der Waals surface area contributed by atoms with Gasteiger partial charge in [0.05, 0.1) is 17.2 Å². The Balaban J connectivity index is 1.42. The summed E-state index contributed by atoms with van der Waals surface area (Å²) in [6, 6.07) is 20.7. The molecule has 174 valence electrons. The monoisotopic (exact) mass is 455 g/mol. The molecule has 6 nitrogen and oxygen atoms in total. The molecule has 0 radical (unpaired) electrons. The third-order valence-corrected chi connectivity index (χ3v) is 6.30. The van der Waals surface area contributed by atoms with Crippen LogP contribution in [0.5, 0.6) is 0 Å². The van der Waals surface area contributed by atoms with E-state index < -0.39 is 5.92 Å². The van der Waals surface area contributed by atoms with Gasteiger partial charge in [0, 0.05) is 25.2 Å². The molecule has 1 saturated heterocycles. The summed E-state index contributed by atoms with van der Waals surface area (Å²) in [6.07, 6.45) is 0.139. The maximum absolute atomic E-state index is 13.0. The second-order valence-corrected chi connectivity index (χ2v) is 8.88. The molecule has 3 aromatic rings. The fraction of sp³-hybridized carbons (Fsp3) is 0.250. The zero-order valence-electron chi connectivity index (χ0n) is 19.7. The number of benzene rings is 3. The molecule has 34 heavy (non-hydrogen) atoms. The molecule has 4 rings (SSSR count). The second-order valence-electron chi connectivity index (χ2n) is 8.88. The van der Waals surface area contributed by atoms with Gasteiger partial charge < -0.3 is 15.5 Å². The number of nitrogens with zero attached hydrogens (tertiary/aromatic N) is 1. The van der Waals surface area contributed by atoms with Crippen molar-refractivity contribution in [2.75, 3.05) is 16.8 Å². The van der Waals surface area contributed by atoms with Crippen LogP contribution >= 0.6 is 0 Å². The summed E-state index contributed by atoms with van der Waals surface area (Å²) in [5, 5.41) is 5.78. The van der Waals surface area contributed by atoms with Crippen LogP contribution < -0.4 is 15.5 Å². The number of nitrogens with one attached hydrogen (secondary N) is 2. The lowest BCUT2D eigenvalue weighted by Crippen LogP contribution is -2.29. The van der Waals surface area contributed by atoms with Crippen molar-refractivity contribution in [1.29, 1.82) is 0 Å². The van der Waals surface area contributed by atoms with Crippen molar-refractivity contribution in [3.8, 4) is 0 Å². The molecular weight excluding hydrogens is 426 g/mol. The van der Waals surface area contributed by atoms with Gasteiger partial charge in [-0.1, -0.05) is 48.0 Å². The van der Waals surface area contributed by atoms with Gasteiger partial charge in [-0.2, -0.15) is 0 Å². The summed E-state index contributed by atoms with van der Waals surface area (Å²) < 4.78 is 0. The highest BCUT2D eigenvalue weighted by atomic mass is 16.2. The van der Waals surface area contributed by atoms with E-state index in [1.54, 1.807) is 29.2 Å². The highest BCUT2D eigenvalue weighted by Crippen LogP contribution is 2.28. The molecule has 1 atom stereocenters. The lowest BCUT2D eigenvalue weighted by Gasteiger charge is -2.18. The predicted molar refractivity (Wildman–Crippen MR) is 134 cm³/mol. The van der Waals surface area contributed by atoms with Gasteiger partial charge in [-0.05, 0) is 61.7 Å². The largest absolute Gasteiger partial charge is 0.348 e. The number of aryl methyl sites for hydroxylation is 3. The minimum absolute atomic E-state index is 0.0764. The van der Waals surface area contributed by atoms with Crippen LogP contribution in [-0.2, 0) is 16.1 Å². The van der Waals surface area contributed by atoms with Crippen LogP contribution in [0.1, 0.15) is 39.0 Å². The van der Waals surface area contributed by atoms with Crippen LogP contribution in [0.4, 0.5) is 11.4 Å². The topological polar surface area (TPSA) is 78.5 Å². The quantitative estimate of drug-likeness (QED) is 0.573. The molecule has 3 amide bonds. The van der Waals surface area contributed by atoms with Crippen molar-refractivity contribution in [2.45, 2.75) is 33.7 Å². The van der Waals surface area contributed by atoms with Gasteiger partial charge in [0.15, 0.2) is 0 Å². The molecule has 2 N–H and O–H groups in total. The Morgan fingerprint density at radius 3 is 2.41 bits per heavy atom. The minimum Gasteiger partial charge on any atom is -0.348 e. The summed E-state index contributed by atoms with van der Waals surface area (Å²) in [7, 11) is 0. The third kappa shape index (κ3) is 5.17. The molecule has 6 heteroatoms. The first-order valence-electron chi connectivity index (χ1n) is 11.4. The van der Waals surface area contributed by atoms with Crippen LogP contribution in [0.15, 0.2) is 66.7 Å². The zero-order chi connectivity index (χ0) is 24.2. The van der Waals surface area contributed by atoms with E-state index in [4.69, 9.17) is 0 Å². The average molecular weight is 456 g/mol. The van der Waals surface area contributed by atoms with Gasteiger partial charge in [-0.25, -0.2) is 0 Å². The molecule has 0 spiro atoms. The van der Waals surface area contributed by atoms with Gasteiger partial charge in [-0.15, -0.1) is 0 Å². The molecule has 1 fully saturated rings. The standard InChI is InChI=1S/C28H29N3O3/c1-18-8-11-21(12-9-18)16-29-28(34)24-6-4-5-7-25(24)30-27(33)22-15-26(32)31(17-22)23-13-10-19(2)20(3)14-23/h4-14,22H,15-17H2,1-3H3,(H,29,34)(H,30,33)/t22-/m1/s1. The van der Waals surface area contributed by atoms with Crippen LogP contribution in [0.3, 0.4) is 0 Å². The Morgan fingerprint density at radius 2 is 1.68 bits per heavy atom. The summed E-state index contributed by atoms with van der Waals surface area (Å²) in [5.41, 5.74) is 6.04. The molecule has 0 aromatic heterocycles. The summed E-state index contributed by atoms with van der Waals surface area (Å²) >= 11 is 0. The Bertz CT molecular complexity index is 1230. The molecule has 0 unspecified atom stereocenters. The molecular formula is C28H29N3O3. The molecule has 0 bridgehead atoms. The van der Waals surface area contributed by atoms with E-state index in [0.29, 0.717) is 24.3 Å². The number of carbonyl (C=O) groups is 3. The van der Waals surface area contributed by atoms with Gasteiger partial charge in [-0.3, -0.25) is 14.4 Å². The van der Waals surface area contributed by atoms with E-state index in [2.05, 4.69) is 10.6 Å². The van der Waals surface area contributed by atoms with Crippen molar-refractivity contribution < 1.29 is 14.4 Å². The number of para-hydroxylation sites is 1. The van der Waals surface area contributed by atoms with Crippen LogP contribution in [-0.4, -0.2) is 24.3 Å². The van der Waals surface area contributed by atoms with Crippen LogP contribution in [0.25, 0.3) is 0 Å². The average Bonchev–Trinajstić information content (AvgIpc) is 3.22. The Hall–Kier alpha value is -3.93. The summed E-state index contributed by atoms with van der Waals surface area (Å²) in [5.74, 6) is -1.10. The first kappa shape index (κ1) is 23.2. The van der Waals surface area contributed by atoms with E-state index in [-0.39, 0.29) is 24.1 Å². The van der Waals surface area contributed by atoms with Gasteiger partial charge in [0.2, 0.25) is 11.8 Å². The zero-order valence-corrected chi connectivity index (χ0v) is 19.7. The number of hydrogen-bond donors (Lipinski definition) is 2. The van der Waals surface area contributed by atoms with E-state index in [0.717, 1.165) is 27.9 Å². The number of rotatable bonds is 6. The Morgan fingerprint density at radius 1 is 0.941 bits per heavy atom. The molecule has 3 aromatic carbocycles. The number of carbonyl (C=O) groups excluding carboxylic acids is 3. The van der Waals surface area contributed by atoms with E-state index in [1.165, 1.54) is 0 Å². The van der Waals surface area contributed by atoms with E-state index in [1.807, 2.05) is 63.2 Å². The predicted octanol–water partition coefficient (Wildman–Crippen LogP) is 4.53. The van der Waals surface area contributed by atoms with Crippen molar-refractivity contribution in [2.24, 2.45) is 5.92 Å². The smallest absolute Gasteiger partial charge is 0.253 e. The summed E-state index contributed by atoms with van der Waals surface area (Å²) in [6.45, 7) is 6.75. The Labute approximate surface area is 200 Å². The molecule has 1 aliphatic rings. The SMILES string of the molecule is Cc1ccc(CNC(=O)c2ccccc2NC(=O)[C@@H]2CC(=O)N(c3ccc(C)c(C)c3)C2)cc1. The fourth-order valence-corrected chi connectivity index (χ4v) is 4.03. The first-order chi connectivity index (χ1) is 16.3. The van der Waals surface area contributed by atoms with Gasteiger partial charge in [0.25, 0.3) is 5.91 Å². The lowest BCUT2D eigenvalue weighted by molar-refractivity contribution is -0.122. The van der Waals surface area contributed by atoms with Crippen molar-refractivity contribution in [1.82, 2.24) is 5.32 Å². The van der Waals surface area contributed by atoms with E-state index >= 15 is 0 Å². The normalized spacial score (nSPS) is 15.3. The van der Waals surface area contributed by atoms with Gasteiger partial charge >= 0.3 is 0 Å². The van der Waals surface area contributed by atoms with E-state index in [9.17, 15) is 14.4 Å².